The molecule has 0 radical (unpaired) electrons. The highest BCUT2D eigenvalue weighted by Crippen LogP contribution is 2.28. The second-order valence-electron chi connectivity index (χ2n) is 7.29. The van der Waals surface area contributed by atoms with Gasteiger partial charge in [-0.15, -0.1) is 0 Å². The number of hydrogen-bond donors (Lipinski definition) is 0. The Morgan fingerprint density at radius 2 is 1.95 bits per heavy atom. The van der Waals surface area contributed by atoms with Gasteiger partial charge < -0.3 is 9.64 Å². The highest BCUT2D eigenvalue weighted by atomic mass is 16.5. The molecular weight excluding hydrogens is 276 g/mol. The number of rotatable bonds is 3. The highest BCUT2D eigenvalue weighted by Gasteiger charge is 2.23. The van der Waals surface area contributed by atoms with E-state index in [-0.39, 0.29) is 11.3 Å². The van der Waals surface area contributed by atoms with Gasteiger partial charge in [-0.1, -0.05) is 20.8 Å². The van der Waals surface area contributed by atoms with Crippen LogP contribution in [0.3, 0.4) is 0 Å². The highest BCUT2D eigenvalue weighted by molar-refractivity contribution is 5.73. The van der Waals surface area contributed by atoms with E-state index in [4.69, 9.17) is 4.74 Å². The Kier molecular flexibility index (Phi) is 5.09. The molecule has 0 unspecified atom stereocenters. The summed E-state index contributed by atoms with van der Waals surface area (Å²) in [7, 11) is 1.67. The van der Waals surface area contributed by atoms with Gasteiger partial charge in [0.25, 0.3) is 0 Å². The number of amides is 1. The first-order valence-corrected chi connectivity index (χ1v) is 8.10. The molecule has 22 heavy (non-hydrogen) atoms. The lowest BCUT2D eigenvalue weighted by atomic mass is 9.85. The van der Waals surface area contributed by atoms with Crippen molar-refractivity contribution in [3.63, 3.8) is 0 Å². The smallest absolute Gasteiger partial charge is 0.219 e. The van der Waals surface area contributed by atoms with Gasteiger partial charge in [0, 0.05) is 31.8 Å². The molecule has 0 spiro atoms. The summed E-state index contributed by atoms with van der Waals surface area (Å²) in [5, 5.41) is 0. The van der Waals surface area contributed by atoms with Crippen molar-refractivity contribution < 1.29 is 9.53 Å². The van der Waals surface area contributed by atoms with Crippen LogP contribution < -0.4 is 4.74 Å². The van der Waals surface area contributed by atoms with E-state index in [2.05, 4.69) is 31.8 Å². The molecule has 0 N–H and O–H groups in total. The fraction of sp³-hybridized carbons (Fsp3) is 0.667. The lowest BCUT2D eigenvalue weighted by Crippen LogP contribution is -2.37. The first-order chi connectivity index (χ1) is 10.3. The van der Waals surface area contributed by atoms with E-state index in [1.165, 1.54) is 5.56 Å². The van der Waals surface area contributed by atoms with Crippen molar-refractivity contribution in [3.8, 4) is 5.88 Å². The molecule has 2 heterocycles. The van der Waals surface area contributed by atoms with Crippen molar-refractivity contribution in [2.45, 2.75) is 52.4 Å². The van der Waals surface area contributed by atoms with Crippen LogP contribution in [0.25, 0.3) is 0 Å². The van der Waals surface area contributed by atoms with Gasteiger partial charge in [0.2, 0.25) is 11.8 Å². The molecule has 1 amide bonds. The summed E-state index contributed by atoms with van der Waals surface area (Å²) in [5.74, 6) is 1.49. The Bertz CT molecular complexity index is 526. The number of aromatic nitrogens is 1. The monoisotopic (exact) mass is 304 g/mol. The summed E-state index contributed by atoms with van der Waals surface area (Å²) in [6.45, 7) is 10.0. The summed E-state index contributed by atoms with van der Waals surface area (Å²) < 4.78 is 5.36. The van der Waals surface area contributed by atoms with Gasteiger partial charge in [-0.3, -0.25) is 4.79 Å². The summed E-state index contributed by atoms with van der Waals surface area (Å²) in [5.41, 5.74) is 2.45. The Morgan fingerprint density at radius 3 is 2.45 bits per heavy atom. The lowest BCUT2D eigenvalue weighted by Gasteiger charge is -2.31. The maximum atomic E-state index is 11.4. The van der Waals surface area contributed by atoms with Crippen molar-refractivity contribution in [2.24, 2.45) is 5.92 Å². The SMILES string of the molecule is COc1cc(C(C)(C)C)cc(CC2CCN(C(C)=O)CC2)n1. The Morgan fingerprint density at radius 1 is 1.32 bits per heavy atom. The molecule has 1 aromatic rings. The van der Waals surface area contributed by atoms with Gasteiger partial charge in [0.05, 0.1) is 7.11 Å². The normalized spacial score (nSPS) is 16.7. The number of carbonyl (C=O) groups is 1. The van der Waals surface area contributed by atoms with Gasteiger partial charge in [0.15, 0.2) is 0 Å². The van der Waals surface area contributed by atoms with E-state index in [0.29, 0.717) is 11.8 Å². The van der Waals surface area contributed by atoms with Crippen molar-refractivity contribution in [3.05, 3.63) is 23.4 Å². The summed E-state index contributed by atoms with van der Waals surface area (Å²) in [6, 6.07) is 4.24. The van der Waals surface area contributed by atoms with Gasteiger partial charge in [-0.25, -0.2) is 4.98 Å². The average Bonchev–Trinajstić information content (AvgIpc) is 2.46. The van der Waals surface area contributed by atoms with Gasteiger partial charge in [-0.2, -0.15) is 0 Å². The second-order valence-corrected chi connectivity index (χ2v) is 7.29. The van der Waals surface area contributed by atoms with Crippen LogP contribution in [0.5, 0.6) is 5.88 Å². The summed E-state index contributed by atoms with van der Waals surface area (Å²) in [6.07, 6.45) is 3.08. The Labute approximate surface area is 133 Å². The molecule has 1 aliphatic rings. The molecule has 0 bridgehead atoms. The van der Waals surface area contributed by atoms with Gasteiger partial charge in [-0.05, 0) is 42.2 Å². The zero-order chi connectivity index (χ0) is 16.3. The van der Waals surface area contributed by atoms with Crippen LogP contribution >= 0.6 is 0 Å². The molecule has 2 rings (SSSR count). The number of methoxy groups -OCH3 is 1. The van der Waals surface area contributed by atoms with E-state index >= 15 is 0 Å². The quantitative estimate of drug-likeness (QED) is 0.861. The van der Waals surface area contributed by atoms with Crippen molar-refractivity contribution >= 4 is 5.91 Å². The zero-order valence-corrected chi connectivity index (χ0v) is 14.5. The van der Waals surface area contributed by atoms with E-state index in [1.807, 2.05) is 11.0 Å². The van der Waals surface area contributed by atoms with Crippen LogP contribution in [0.1, 0.15) is 51.8 Å². The second kappa shape index (κ2) is 6.67. The third kappa shape index (κ3) is 4.21. The third-order valence-corrected chi connectivity index (χ3v) is 4.49. The number of pyridine rings is 1. The minimum absolute atomic E-state index is 0.0863. The largest absolute Gasteiger partial charge is 0.481 e. The molecular formula is C18H28N2O2. The molecule has 4 heteroatoms. The molecule has 4 nitrogen and oxygen atoms in total. The zero-order valence-electron chi connectivity index (χ0n) is 14.5. The molecule has 0 atom stereocenters. The fourth-order valence-electron chi connectivity index (χ4n) is 2.95. The van der Waals surface area contributed by atoms with Crippen LogP contribution in [0.2, 0.25) is 0 Å². The van der Waals surface area contributed by atoms with Crippen LogP contribution in [0.15, 0.2) is 12.1 Å². The molecule has 1 saturated heterocycles. The van der Waals surface area contributed by atoms with Gasteiger partial charge in [0.1, 0.15) is 0 Å². The fourth-order valence-corrected chi connectivity index (χ4v) is 2.95. The molecule has 1 aliphatic heterocycles. The number of likely N-dealkylation sites (tertiary alicyclic amines) is 1. The molecule has 1 fully saturated rings. The van der Waals surface area contributed by atoms with Crippen molar-refractivity contribution in [1.82, 2.24) is 9.88 Å². The average molecular weight is 304 g/mol. The number of nitrogens with zero attached hydrogens (tertiary/aromatic N) is 2. The lowest BCUT2D eigenvalue weighted by molar-refractivity contribution is -0.130. The minimum atomic E-state index is 0.0863. The molecule has 0 saturated carbocycles. The summed E-state index contributed by atoms with van der Waals surface area (Å²) >= 11 is 0. The van der Waals surface area contributed by atoms with E-state index < -0.39 is 0 Å². The maximum Gasteiger partial charge on any atom is 0.219 e. The number of carbonyl (C=O) groups excluding carboxylic acids is 1. The topological polar surface area (TPSA) is 42.4 Å². The predicted octanol–water partition coefficient (Wildman–Crippen LogP) is 3.19. The Balaban J connectivity index is 2.08. The van der Waals surface area contributed by atoms with Gasteiger partial charge >= 0.3 is 0 Å². The van der Waals surface area contributed by atoms with Crippen LogP contribution in [-0.4, -0.2) is 36.0 Å². The Hall–Kier alpha value is -1.58. The summed E-state index contributed by atoms with van der Waals surface area (Å²) in [4.78, 5) is 18.0. The number of ether oxygens (including phenoxy) is 1. The van der Waals surface area contributed by atoms with E-state index in [1.54, 1.807) is 14.0 Å². The van der Waals surface area contributed by atoms with Crippen LogP contribution in [0, 0.1) is 5.92 Å². The molecule has 1 aromatic heterocycles. The molecule has 122 valence electrons. The predicted molar refractivity (Wildman–Crippen MR) is 88.2 cm³/mol. The maximum absolute atomic E-state index is 11.4. The number of piperidine rings is 1. The van der Waals surface area contributed by atoms with Crippen LogP contribution in [0.4, 0.5) is 0 Å². The number of hydrogen-bond acceptors (Lipinski definition) is 3. The van der Waals surface area contributed by atoms with E-state index in [9.17, 15) is 4.79 Å². The molecule has 0 aliphatic carbocycles. The van der Waals surface area contributed by atoms with Crippen molar-refractivity contribution in [1.29, 1.82) is 0 Å². The third-order valence-electron chi connectivity index (χ3n) is 4.49. The van der Waals surface area contributed by atoms with Crippen LogP contribution in [-0.2, 0) is 16.6 Å². The minimum Gasteiger partial charge on any atom is -0.481 e. The van der Waals surface area contributed by atoms with E-state index in [0.717, 1.165) is 38.0 Å². The van der Waals surface area contributed by atoms with Crippen molar-refractivity contribution in [2.75, 3.05) is 20.2 Å². The molecule has 0 aromatic carbocycles. The first kappa shape index (κ1) is 16.8. The first-order valence-electron chi connectivity index (χ1n) is 8.10. The standard InChI is InChI=1S/C18H28N2O2/c1-13(21)20-8-6-14(7-9-20)10-16-11-15(18(2,3)4)12-17(19-16)22-5/h11-12,14H,6-10H2,1-5H3.